The lowest BCUT2D eigenvalue weighted by molar-refractivity contribution is 0.102. The Balaban J connectivity index is 1.49. The smallest absolute Gasteiger partial charge is 0.261 e. The summed E-state index contributed by atoms with van der Waals surface area (Å²) in [7, 11) is 1.41. The zero-order valence-electron chi connectivity index (χ0n) is 18.2. The second kappa shape index (κ2) is 10.1. The van der Waals surface area contributed by atoms with E-state index in [1.165, 1.54) is 25.4 Å². The molecular formula is C23H20F2N6O3. The first-order valence-corrected chi connectivity index (χ1v) is 10.4. The maximum Gasteiger partial charge on any atom is 0.261 e. The van der Waals surface area contributed by atoms with Crippen molar-refractivity contribution in [3.05, 3.63) is 65.5 Å². The summed E-state index contributed by atoms with van der Waals surface area (Å²) in [5.74, 6) is -1.35. The highest BCUT2D eigenvalue weighted by atomic mass is 19.1. The third kappa shape index (κ3) is 5.01. The summed E-state index contributed by atoms with van der Waals surface area (Å²) in [6, 6.07) is 9.73. The Morgan fingerprint density at radius 1 is 1.21 bits per heavy atom. The number of carbonyl (C=O) groups excluding carboxylic acids is 1. The van der Waals surface area contributed by atoms with Gasteiger partial charge in [-0.25, -0.2) is 13.8 Å². The van der Waals surface area contributed by atoms with Crippen molar-refractivity contribution in [2.24, 2.45) is 0 Å². The van der Waals surface area contributed by atoms with E-state index in [-0.39, 0.29) is 29.0 Å². The molecule has 174 valence electrons. The SMILES string of the molecule is COc1ncccc1C(=O)Nc1cc(C#N)nnc1N1CCC(Oc2ccc(F)cc2F)CC1. The van der Waals surface area contributed by atoms with Crippen molar-refractivity contribution in [3.63, 3.8) is 0 Å². The Bertz CT molecular complexity index is 1240. The van der Waals surface area contributed by atoms with E-state index in [4.69, 9.17) is 9.47 Å². The number of piperidine rings is 1. The molecule has 0 saturated carbocycles. The highest BCUT2D eigenvalue weighted by molar-refractivity contribution is 6.07. The number of nitrogens with zero attached hydrogens (tertiary/aromatic N) is 5. The first-order valence-electron chi connectivity index (χ1n) is 10.4. The molecule has 4 rings (SSSR count). The van der Waals surface area contributed by atoms with Gasteiger partial charge in [0.15, 0.2) is 23.1 Å². The summed E-state index contributed by atoms with van der Waals surface area (Å²) in [6.07, 6.45) is 2.29. The van der Waals surface area contributed by atoms with Gasteiger partial charge in [-0.2, -0.15) is 5.26 Å². The molecule has 0 unspecified atom stereocenters. The summed E-state index contributed by atoms with van der Waals surface area (Å²) in [5.41, 5.74) is 0.577. The molecule has 1 saturated heterocycles. The number of amides is 1. The number of hydrogen-bond donors (Lipinski definition) is 1. The van der Waals surface area contributed by atoms with Crippen LogP contribution in [0.2, 0.25) is 0 Å². The van der Waals surface area contributed by atoms with E-state index in [0.717, 1.165) is 12.1 Å². The number of halogens is 2. The van der Waals surface area contributed by atoms with Crippen LogP contribution < -0.4 is 19.7 Å². The second-order valence-corrected chi connectivity index (χ2v) is 7.47. The number of hydrogen-bond acceptors (Lipinski definition) is 8. The van der Waals surface area contributed by atoms with Crippen LogP contribution in [0.4, 0.5) is 20.3 Å². The quantitative estimate of drug-likeness (QED) is 0.589. The van der Waals surface area contributed by atoms with Gasteiger partial charge in [0.05, 0.1) is 12.8 Å². The van der Waals surface area contributed by atoms with Crippen molar-refractivity contribution >= 4 is 17.4 Å². The average molecular weight is 466 g/mol. The molecule has 0 atom stereocenters. The van der Waals surface area contributed by atoms with Crippen LogP contribution in [0.15, 0.2) is 42.6 Å². The van der Waals surface area contributed by atoms with Crippen molar-refractivity contribution in [2.45, 2.75) is 18.9 Å². The third-order valence-electron chi connectivity index (χ3n) is 5.28. The van der Waals surface area contributed by atoms with E-state index in [1.807, 2.05) is 11.0 Å². The molecule has 0 spiro atoms. The minimum Gasteiger partial charge on any atom is -0.487 e. The van der Waals surface area contributed by atoms with Crippen LogP contribution in [0.3, 0.4) is 0 Å². The van der Waals surface area contributed by atoms with Gasteiger partial charge in [-0.15, -0.1) is 10.2 Å². The van der Waals surface area contributed by atoms with Crippen LogP contribution in [-0.2, 0) is 0 Å². The predicted octanol–water partition coefficient (Wildman–Crippen LogP) is 3.33. The number of anilines is 2. The van der Waals surface area contributed by atoms with Gasteiger partial charge in [-0.3, -0.25) is 4.79 Å². The zero-order chi connectivity index (χ0) is 24.1. The van der Waals surface area contributed by atoms with E-state index in [1.54, 1.807) is 12.1 Å². The molecule has 1 amide bonds. The van der Waals surface area contributed by atoms with Crippen LogP contribution in [0, 0.1) is 23.0 Å². The van der Waals surface area contributed by atoms with Gasteiger partial charge in [0, 0.05) is 44.3 Å². The number of rotatable bonds is 6. The Morgan fingerprint density at radius 3 is 2.71 bits per heavy atom. The zero-order valence-corrected chi connectivity index (χ0v) is 18.2. The summed E-state index contributed by atoms with van der Waals surface area (Å²) in [6.45, 7) is 0.959. The Kier molecular flexibility index (Phi) is 6.77. The molecule has 9 nitrogen and oxygen atoms in total. The van der Waals surface area contributed by atoms with E-state index in [9.17, 15) is 18.8 Å². The van der Waals surface area contributed by atoms with Crippen molar-refractivity contribution in [2.75, 3.05) is 30.4 Å². The Morgan fingerprint density at radius 2 is 2.00 bits per heavy atom. The lowest BCUT2D eigenvalue weighted by atomic mass is 10.1. The topological polar surface area (TPSA) is 113 Å². The molecule has 0 aliphatic carbocycles. The number of aromatic nitrogens is 3. The molecule has 1 aromatic carbocycles. The molecule has 3 heterocycles. The molecular weight excluding hydrogens is 446 g/mol. The minimum atomic E-state index is -0.754. The first kappa shape index (κ1) is 22.8. The first-order chi connectivity index (χ1) is 16.5. The fourth-order valence-corrected chi connectivity index (χ4v) is 3.62. The lowest BCUT2D eigenvalue weighted by Crippen LogP contribution is -2.39. The highest BCUT2D eigenvalue weighted by Crippen LogP contribution is 2.29. The number of nitrogens with one attached hydrogen (secondary N) is 1. The molecule has 2 aromatic heterocycles. The summed E-state index contributed by atoms with van der Waals surface area (Å²) in [4.78, 5) is 18.8. The Labute approximate surface area is 194 Å². The standard InChI is InChI=1S/C23H20F2N6O3/c1-33-23-17(3-2-8-27-23)22(32)28-19-12-15(13-26)29-30-21(19)31-9-6-16(7-10-31)34-20-5-4-14(24)11-18(20)25/h2-5,8,11-12,16H,6-7,9-10H2,1H3,(H,28,29,32). The highest BCUT2D eigenvalue weighted by Gasteiger charge is 2.26. The van der Waals surface area contributed by atoms with E-state index < -0.39 is 17.5 Å². The fourth-order valence-electron chi connectivity index (χ4n) is 3.62. The Hall–Kier alpha value is -4.33. The normalized spacial score (nSPS) is 13.8. The van der Waals surface area contributed by atoms with E-state index in [0.29, 0.717) is 37.4 Å². The third-order valence-corrected chi connectivity index (χ3v) is 5.28. The van der Waals surface area contributed by atoms with Crippen LogP contribution in [-0.4, -0.2) is 47.4 Å². The lowest BCUT2D eigenvalue weighted by Gasteiger charge is -2.33. The van der Waals surface area contributed by atoms with Crippen LogP contribution in [0.25, 0.3) is 0 Å². The summed E-state index contributed by atoms with van der Waals surface area (Å²) >= 11 is 0. The maximum absolute atomic E-state index is 13.9. The minimum absolute atomic E-state index is 0.00335. The molecule has 1 N–H and O–H groups in total. The maximum atomic E-state index is 13.9. The van der Waals surface area contributed by atoms with E-state index >= 15 is 0 Å². The summed E-state index contributed by atoms with van der Waals surface area (Å²) < 4.78 is 37.9. The largest absolute Gasteiger partial charge is 0.487 e. The second-order valence-electron chi connectivity index (χ2n) is 7.47. The average Bonchev–Trinajstić information content (AvgIpc) is 2.86. The number of pyridine rings is 1. The van der Waals surface area contributed by atoms with Gasteiger partial charge in [0.2, 0.25) is 5.88 Å². The predicted molar refractivity (Wildman–Crippen MR) is 118 cm³/mol. The van der Waals surface area contributed by atoms with Crippen molar-refractivity contribution in [1.82, 2.24) is 15.2 Å². The van der Waals surface area contributed by atoms with Crippen LogP contribution in [0.1, 0.15) is 28.9 Å². The van der Waals surface area contributed by atoms with Gasteiger partial charge in [-0.1, -0.05) is 0 Å². The van der Waals surface area contributed by atoms with Crippen LogP contribution in [0.5, 0.6) is 11.6 Å². The van der Waals surface area contributed by atoms with Crippen molar-refractivity contribution in [1.29, 1.82) is 5.26 Å². The molecule has 34 heavy (non-hydrogen) atoms. The van der Waals surface area contributed by atoms with Crippen molar-refractivity contribution in [3.8, 4) is 17.7 Å². The number of methoxy groups -OCH3 is 1. The molecule has 11 heteroatoms. The number of ether oxygens (including phenoxy) is 2. The van der Waals surface area contributed by atoms with Gasteiger partial charge in [0.1, 0.15) is 23.6 Å². The van der Waals surface area contributed by atoms with Gasteiger partial charge >= 0.3 is 0 Å². The molecule has 1 aliphatic heterocycles. The fraction of sp³-hybridized carbons (Fsp3) is 0.261. The number of benzene rings is 1. The van der Waals surface area contributed by atoms with Gasteiger partial charge < -0.3 is 19.7 Å². The van der Waals surface area contributed by atoms with Gasteiger partial charge in [0.25, 0.3) is 5.91 Å². The van der Waals surface area contributed by atoms with Crippen LogP contribution >= 0.6 is 0 Å². The number of nitriles is 1. The monoisotopic (exact) mass is 466 g/mol. The van der Waals surface area contributed by atoms with Gasteiger partial charge in [-0.05, 0) is 24.3 Å². The molecule has 1 fully saturated rings. The van der Waals surface area contributed by atoms with E-state index in [2.05, 4.69) is 20.5 Å². The molecule has 1 aliphatic rings. The molecule has 0 radical (unpaired) electrons. The van der Waals surface area contributed by atoms with Crippen molar-refractivity contribution < 1.29 is 23.0 Å². The molecule has 0 bridgehead atoms. The molecule has 3 aromatic rings. The summed E-state index contributed by atoms with van der Waals surface area (Å²) in [5, 5.41) is 20.0. The number of carbonyl (C=O) groups is 1.